The van der Waals surface area contributed by atoms with E-state index < -0.39 is 4.92 Å². The molecule has 1 aromatic heterocycles. The van der Waals surface area contributed by atoms with Crippen molar-refractivity contribution in [3.05, 3.63) is 69.3 Å². The van der Waals surface area contributed by atoms with Gasteiger partial charge in [0.1, 0.15) is 0 Å². The van der Waals surface area contributed by atoms with Crippen LogP contribution < -0.4 is 4.90 Å². The molecule has 0 N–H and O–H groups in total. The maximum absolute atomic E-state index is 13.2. The summed E-state index contributed by atoms with van der Waals surface area (Å²) in [5.74, 6) is -0.197. The van der Waals surface area contributed by atoms with Crippen molar-refractivity contribution in [1.29, 1.82) is 0 Å². The fraction of sp³-hybridized carbons (Fsp3) is 0.333. The van der Waals surface area contributed by atoms with E-state index in [4.69, 9.17) is 4.98 Å². The van der Waals surface area contributed by atoms with Crippen molar-refractivity contribution in [2.24, 2.45) is 0 Å². The SMILES string of the molecule is CCN(CC)CCN(C(=O)C=Cc1cccc([N+](=O)[O-])c1)c1nc2c(C)cc(C)cc2s1. The van der Waals surface area contributed by atoms with Gasteiger partial charge in [-0.15, -0.1) is 0 Å². The summed E-state index contributed by atoms with van der Waals surface area (Å²) < 4.78 is 1.06. The number of rotatable bonds is 9. The first-order chi connectivity index (χ1) is 15.3. The molecule has 0 radical (unpaired) electrons. The Morgan fingerprint density at radius 3 is 2.59 bits per heavy atom. The highest BCUT2D eigenvalue weighted by molar-refractivity contribution is 7.22. The Hall–Kier alpha value is -3.10. The summed E-state index contributed by atoms with van der Waals surface area (Å²) in [6.45, 7) is 11.3. The number of aromatic nitrogens is 1. The van der Waals surface area contributed by atoms with Gasteiger partial charge in [-0.3, -0.25) is 19.8 Å². The number of hydrogen-bond donors (Lipinski definition) is 0. The number of thiazole rings is 1. The number of nitro benzene ring substituents is 1. The molecule has 168 valence electrons. The lowest BCUT2D eigenvalue weighted by atomic mass is 10.1. The van der Waals surface area contributed by atoms with Crippen LogP contribution in [0.25, 0.3) is 16.3 Å². The largest absolute Gasteiger partial charge is 0.302 e. The number of benzene rings is 2. The number of likely N-dealkylation sites (N-methyl/N-ethyl adjacent to an activating group) is 1. The zero-order chi connectivity index (χ0) is 23.3. The smallest absolute Gasteiger partial charge is 0.270 e. The summed E-state index contributed by atoms with van der Waals surface area (Å²) >= 11 is 1.51. The quantitative estimate of drug-likeness (QED) is 0.253. The van der Waals surface area contributed by atoms with Crippen LogP contribution in [0.1, 0.15) is 30.5 Å². The Bertz CT molecular complexity index is 1150. The van der Waals surface area contributed by atoms with Crippen molar-refractivity contribution in [1.82, 2.24) is 9.88 Å². The molecule has 0 unspecified atom stereocenters. The minimum atomic E-state index is -0.443. The third-order valence-corrected chi connectivity index (χ3v) is 6.37. The number of carbonyl (C=O) groups excluding carboxylic acids is 1. The van der Waals surface area contributed by atoms with Crippen LogP contribution in [0, 0.1) is 24.0 Å². The van der Waals surface area contributed by atoms with E-state index in [0.717, 1.165) is 41.0 Å². The van der Waals surface area contributed by atoms with Gasteiger partial charge in [0, 0.05) is 31.3 Å². The molecule has 0 aliphatic rings. The third kappa shape index (κ3) is 5.57. The predicted molar refractivity (Wildman–Crippen MR) is 131 cm³/mol. The number of nitrogens with zero attached hydrogens (tertiary/aromatic N) is 4. The molecule has 32 heavy (non-hydrogen) atoms. The fourth-order valence-corrected chi connectivity index (χ4v) is 4.73. The van der Waals surface area contributed by atoms with E-state index in [2.05, 4.69) is 37.8 Å². The maximum atomic E-state index is 13.2. The zero-order valence-electron chi connectivity index (χ0n) is 18.9. The van der Waals surface area contributed by atoms with E-state index in [1.807, 2.05) is 6.92 Å². The van der Waals surface area contributed by atoms with E-state index in [9.17, 15) is 14.9 Å². The van der Waals surface area contributed by atoms with Crippen molar-refractivity contribution in [2.75, 3.05) is 31.1 Å². The van der Waals surface area contributed by atoms with Gasteiger partial charge in [-0.05, 0) is 55.8 Å². The molecule has 8 heteroatoms. The molecule has 0 spiro atoms. The molecule has 0 bridgehead atoms. The Morgan fingerprint density at radius 1 is 1.16 bits per heavy atom. The van der Waals surface area contributed by atoms with Crippen LogP contribution in [0.15, 0.2) is 42.5 Å². The molecule has 0 fully saturated rings. The van der Waals surface area contributed by atoms with Crippen molar-refractivity contribution in [3.8, 4) is 0 Å². The molecule has 1 amide bonds. The molecule has 0 saturated heterocycles. The lowest BCUT2D eigenvalue weighted by Crippen LogP contribution is -2.38. The number of anilines is 1. The van der Waals surface area contributed by atoms with Crippen LogP contribution in [0.4, 0.5) is 10.8 Å². The monoisotopic (exact) mass is 452 g/mol. The molecule has 0 aliphatic carbocycles. The topological polar surface area (TPSA) is 79.6 Å². The number of aryl methyl sites for hydroxylation is 2. The van der Waals surface area contributed by atoms with Crippen LogP contribution in [-0.2, 0) is 4.79 Å². The lowest BCUT2D eigenvalue weighted by molar-refractivity contribution is -0.384. The summed E-state index contributed by atoms with van der Waals surface area (Å²) in [4.78, 5) is 32.5. The first kappa shape index (κ1) is 23.6. The van der Waals surface area contributed by atoms with Gasteiger partial charge in [0.25, 0.3) is 11.6 Å². The second kappa shape index (κ2) is 10.5. The Kier molecular flexibility index (Phi) is 7.71. The van der Waals surface area contributed by atoms with Crippen LogP contribution >= 0.6 is 11.3 Å². The van der Waals surface area contributed by atoms with Gasteiger partial charge in [0.05, 0.1) is 15.1 Å². The molecule has 0 saturated carbocycles. The molecule has 3 aromatic rings. The van der Waals surface area contributed by atoms with Gasteiger partial charge in [0.15, 0.2) is 5.13 Å². The molecule has 0 aliphatic heterocycles. The van der Waals surface area contributed by atoms with Gasteiger partial charge < -0.3 is 4.90 Å². The van der Waals surface area contributed by atoms with Crippen molar-refractivity contribution in [2.45, 2.75) is 27.7 Å². The number of hydrogen-bond acceptors (Lipinski definition) is 6. The Balaban J connectivity index is 1.91. The molecule has 7 nitrogen and oxygen atoms in total. The number of amides is 1. The van der Waals surface area contributed by atoms with E-state index >= 15 is 0 Å². The lowest BCUT2D eigenvalue weighted by Gasteiger charge is -2.23. The summed E-state index contributed by atoms with van der Waals surface area (Å²) in [5.41, 5.74) is 3.77. The van der Waals surface area contributed by atoms with Gasteiger partial charge in [0.2, 0.25) is 0 Å². The second-order valence-corrected chi connectivity index (χ2v) is 8.64. The Morgan fingerprint density at radius 2 is 1.91 bits per heavy atom. The number of fused-ring (bicyclic) bond motifs is 1. The number of nitro groups is 1. The minimum absolute atomic E-state index is 0.00462. The van der Waals surface area contributed by atoms with Crippen molar-refractivity contribution < 1.29 is 9.72 Å². The first-order valence-electron chi connectivity index (χ1n) is 10.7. The average Bonchev–Trinajstić information content (AvgIpc) is 3.19. The highest BCUT2D eigenvalue weighted by Gasteiger charge is 2.19. The normalized spacial score (nSPS) is 11.5. The predicted octanol–water partition coefficient (Wildman–Crippen LogP) is 5.21. The number of carbonyl (C=O) groups is 1. The molecule has 0 atom stereocenters. The van der Waals surface area contributed by atoms with Crippen LogP contribution in [-0.4, -0.2) is 46.9 Å². The summed E-state index contributed by atoms with van der Waals surface area (Å²) in [6, 6.07) is 10.4. The second-order valence-electron chi connectivity index (χ2n) is 7.63. The van der Waals surface area contributed by atoms with Gasteiger partial charge >= 0.3 is 0 Å². The third-order valence-electron chi connectivity index (χ3n) is 5.35. The highest BCUT2D eigenvalue weighted by atomic mass is 32.1. The minimum Gasteiger partial charge on any atom is -0.302 e. The number of non-ortho nitro benzene ring substituents is 1. The first-order valence-corrected chi connectivity index (χ1v) is 11.5. The summed E-state index contributed by atoms with van der Waals surface area (Å²) in [7, 11) is 0. The van der Waals surface area contributed by atoms with E-state index in [-0.39, 0.29) is 11.6 Å². The highest BCUT2D eigenvalue weighted by Crippen LogP contribution is 2.32. The van der Waals surface area contributed by atoms with Gasteiger partial charge in [-0.25, -0.2) is 4.98 Å². The van der Waals surface area contributed by atoms with Gasteiger partial charge in [-0.2, -0.15) is 0 Å². The molecular formula is C24H28N4O3S. The molecular weight excluding hydrogens is 424 g/mol. The van der Waals surface area contributed by atoms with E-state index in [1.54, 1.807) is 23.1 Å². The maximum Gasteiger partial charge on any atom is 0.270 e. The zero-order valence-corrected chi connectivity index (χ0v) is 19.7. The standard InChI is InChI=1S/C24H28N4O3S/c1-5-26(6-2)12-13-27(24-25-23-18(4)14-17(3)15-21(23)32-24)22(29)11-10-19-8-7-9-20(16-19)28(30)31/h7-11,14-16H,5-6,12-13H2,1-4H3. The van der Waals surface area contributed by atoms with E-state index in [0.29, 0.717) is 17.2 Å². The summed E-state index contributed by atoms with van der Waals surface area (Å²) in [5, 5.41) is 11.7. The molecule has 3 rings (SSSR count). The molecule has 1 heterocycles. The van der Waals surface area contributed by atoms with Crippen molar-refractivity contribution >= 4 is 44.4 Å². The van der Waals surface area contributed by atoms with Crippen LogP contribution in [0.3, 0.4) is 0 Å². The average molecular weight is 453 g/mol. The molecule has 2 aromatic carbocycles. The van der Waals surface area contributed by atoms with E-state index in [1.165, 1.54) is 29.5 Å². The van der Waals surface area contributed by atoms with Crippen molar-refractivity contribution in [3.63, 3.8) is 0 Å². The summed E-state index contributed by atoms with van der Waals surface area (Å²) in [6.07, 6.45) is 3.08. The van der Waals surface area contributed by atoms with Crippen LogP contribution in [0.5, 0.6) is 0 Å². The van der Waals surface area contributed by atoms with Crippen LogP contribution in [0.2, 0.25) is 0 Å². The Labute approximate surface area is 192 Å². The fourth-order valence-electron chi connectivity index (χ4n) is 3.56. The van der Waals surface area contributed by atoms with Gasteiger partial charge in [-0.1, -0.05) is 43.4 Å².